The summed E-state index contributed by atoms with van der Waals surface area (Å²) in [4.78, 5) is 2.76. The Morgan fingerprint density at radius 1 is 1.19 bits per heavy atom. The van der Waals surface area contributed by atoms with Crippen LogP contribution in [0, 0.1) is 0 Å². The van der Waals surface area contributed by atoms with Gasteiger partial charge in [0.25, 0.3) is 0 Å². The number of rotatable bonds is 5. The molecule has 1 aliphatic rings. The van der Waals surface area contributed by atoms with E-state index in [-0.39, 0.29) is 5.75 Å². The van der Waals surface area contributed by atoms with Gasteiger partial charge in [0.15, 0.2) is 9.84 Å². The first-order valence-electron chi connectivity index (χ1n) is 7.88. The molecule has 1 fully saturated rings. The smallest absolute Gasteiger partial charge is 0.178 e. The molecule has 1 unspecified atom stereocenters. The molecule has 2 rings (SSSR count). The first-order valence-corrected chi connectivity index (χ1v) is 9.53. The van der Waals surface area contributed by atoms with Crippen LogP contribution in [0.25, 0.3) is 0 Å². The molecule has 0 saturated carbocycles. The zero-order valence-electron chi connectivity index (χ0n) is 12.8. The molecule has 0 radical (unpaired) electrons. The monoisotopic (exact) mass is 310 g/mol. The number of hydrogen-bond donors (Lipinski definition) is 1. The lowest BCUT2D eigenvalue weighted by atomic mass is 10.1. The van der Waals surface area contributed by atoms with Crippen LogP contribution in [0.4, 0.5) is 5.69 Å². The molecule has 0 bridgehead atoms. The van der Waals surface area contributed by atoms with Gasteiger partial charge in [-0.25, -0.2) is 8.42 Å². The molecule has 1 aromatic rings. The molecule has 1 aliphatic heterocycles. The van der Waals surface area contributed by atoms with Gasteiger partial charge in [0, 0.05) is 24.8 Å². The molecule has 0 amide bonds. The molecular formula is C16H26N2O2S. The highest BCUT2D eigenvalue weighted by atomic mass is 32.2. The van der Waals surface area contributed by atoms with Crippen molar-refractivity contribution in [1.29, 1.82) is 0 Å². The average molecular weight is 310 g/mol. The summed E-state index contributed by atoms with van der Waals surface area (Å²) in [7, 11) is -3.13. The molecule has 0 spiro atoms. The van der Waals surface area contributed by atoms with Gasteiger partial charge in [0.2, 0.25) is 0 Å². The number of hydrogen-bond acceptors (Lipinski definition) is 4. The maximum atomic E-state index is 12.1. The third-order valence-electron chi connectivity index (χ3n) is 4.15. The molecule has 1 heterocycles. The third-order valence-corrected chi connectivity index (χ3v) is 6.09. The second-order valence-electron chi connectivity index (χ2n) is 5.75. The normalized spacial score (nSPS) is 20.3. The molecule has 0 aliphatic carbocycles. The summed E-state index contributed by atoms with van der Waals surface area (Å²) in [5.41, 5.74) is 6.99. The molecule has 2 N–H and O–H groups in total. The van der Waals surface area contributed by atoms with Gasteiger partial charge in [0.1, 0.15) is 0 Å². The van der Waals surface area contributed by atoms with E-state index in [0.29, 0.717) is 23.9 Å². The second-order valence-corrected chi connectivity index (χ2v) is 7.85. The van der Waals surface area contributed by atoms with Crippen molar-refractivity contribution >= 4 is 15.5 Å². The van der Waals surface area contributed by atoms with Crippen molar-refractivity contribution in [2.24, 2.45) is 5.73 Å². The minimum Gasteiger partial charge on any atom is -0.367 e. The molecule has 1 aromatic carbocycles. The zero-order valence-corrected chi connectivity index (χ0v) is 13.6. The summed E-state index contributed by atoms with van der Waals surface area (Å²) in [6.07, 6.45) is 5.40. The van der Waals surface area contributed by atoms with E-state index in [9.17, 15) is 8.42 Å². The highest BCUT2D eigenvalue weighted by Gasteiger charge is 2.20. The van der Waals surface area contributed by atoms with Gasteiger partial charge in [-0.2, -0.15) is 0 Å². The van der Waals surface area contributed by atoms with Crippen LogP contribution in [-0.4, -0.2) is 33.3 Å². The van der Waals surface area contributed by atoms with E-state index < -0.39 is 9.84 Å². The van der Waals surface area contributed by atoms with Gasteiger partial charge in [-0.05, 0) is 43.5 Å². The molecular weight excluding hydrogens is 284 g/mol. The van der Waals surface area contributed by atoms with Gasteiger partial charge in [-0.1, -0.05) is 19.8 Å². The van der Waals surface area contributed by atoms with Crippen molar-refractivity contribution in [2.45, 2.75) is 50.0 Å². The minimum atomic E-state index is -3.13. The van der Waals surface area contributed by atoms with Crippen molar-refractivity contribution < 1.29 is 8.42 Å². The van der Waals surface area contributed by atoms with Crippen molar-refractivity contribution in [2.75, 3.05) is 23.7 Å². The standard InChI is InChI=1S/C16H26N2O2S/c1-2-12-21(19,20)16-9-7-14(8-10-16)18-11-5-3-4-6-15(18)13-17/h7-10,15H,2-6,11-13,17H2,1H3. The lowest BCUT2D eigenvalue weighted by molar-refractivity contribution is 0.580. The number of nitrogens with two attached hydrogens (primary N) is 1. The summed E-state index contributed by atoms with van der Waals surface area (Å²) in [5.74, 6) is 0.210. The van der Waals surface area contributed by atoms with Crippen LogP contribution < -0.4 is 10.6 Å². The summed E-state index contributed by atoms with van der Waals surface area (Å²) in [5, 5.41) is 0. The van der Waals surface area contributed by atoms with Crippen LogP contribution in [0.1, 0.15) is 39.0 Å². The Balaban J connectivity index is 2.21. The highest BCUT2D eigenvalue weighted by Crippen LogP contribution is 2.25. The number of benzene rings is 1. The number of anilines is 1. The van der Waals surface area contributed by atoms with E-state index in [1.807, 2.05) is 19.1 Å². The van der Waals surface area contributed by atoms with Gasteiger partial charge in [-0.3, -0.25) is 0 Å². The van der Waals surface area contributed by atoms with Crippen molar-refractivity contribution in [3.05, 3.63) is 24.3 Å². The van der Waals surface area contributed by atoms with E-state index in [1.165, 1.54) is 19.3 Å². The summed E-state index contributed by atoms with van der Waals surface area (Å²) >= 11 is 0. The van der Waals surface area contributed by atoms with Gasteiger partial charge in [0.05, 0.1) is 10.6 Å². The Bertz CT molecular complexity index is 540. The zero-order chi connectivity index (χ0) is 15.3. The third kappa shape index (κ3) is 3.98. The van der Waals surface area contributed by atoms with E-state index >= 15 is 0 Å². The summed E-state index contributed by atoms with van der Waals surface area (Å²) < 4.78 is 24.1. The van der Waals surface area contributed by atoms with Crippen LogP contribution in [-0.2, 0) is 9.84 Å². The first kappa shape index (κ1) is 16.3. The van der Waals surface area contributed by atoms with Gasteiger partial charge < -0.3 is 10.6 Å². The van der Waals surface area contributed by atoms with Crippen molar-refractivity contribution in [1.82, 2.24) is 0 Å². The Morgan fingerprint density at radius 3 is 2.52 bits per heavy atom. The van der Waals surface area contributed by atoms with Crippen molar-refractivity contribution in [3.8, 4) is 0 Å². The molecule has 4 nitrogen and oxygen atoms in total. The predicted octanol–water partition coefficient (Wildman–Crippen LogP) is 2.58. The van der Waals surface area contributed by atoms with Crippen LogP contribution in [0.5, 0.6) is 0 Å². The van der Waals surface area contributed by atoms with E-state index in [1.54, 1.807) is 12.1 Å². The van der Waals surface area contributed by atoms with E-state index in [2.05, 4.69) is 4.90 Å². The van der Waals surface area contributed by atoms with Crippen LogP contribution >= 0.6 is 0 Å². The molecule has 21 heavy (non-hydrogen) atoms. The fourth-order valence-electron chi connectivity index (χ4n) is 2.99. The van der Waals surface area contributed by atoms with Gasteiger partial charge in [-0.15, -0.1) is 0 Å². The molecule has 0 aromatic heterocycles. The topological polar surface area (TPSA) is 63.4 Å². The van der Waals surface area contributed by atoms with E-state index in [0.717, 1.165) is 18.7 Å². The Hall–Kier alpha value is -1.07. The fraction of sp³-hybridized carbons (Fsp3) is 0.625. The largest absolute Gasteiger partial charge is 0.367 e. The average Bonchev–Trinajstić information content (AvgIpc) is 2.72. The van der Waals surface area contributed by atoms with E-state index in [4.69, 9.17) is 5.73 Å². The fourth-order valence-corrected chi connectivity index (χ4v) is 4.32. The molecule has 1 atom stereocenters. The first-order chi connectivity index (χ1) is 10.1. The highest BCUT2D eigenvalue weighted by molar-refractivity contribution is 7.91. The van der Waals surface area contributed by atoms with Crippen LogP contribution in [0.3, 0.4) is 0 Å². The van der Waals surface area contributed by atoms with Crippen LogP contribution in [0.15, 0.2) is 29.2 Å². The molecule has 5 heteroatoms. The maximum absolute atomic E-state index is 12.1. The SMILES string of the molecule is CCCS(=O)(=O)c1ccc(N2CCCCCC2CN)cc1. The summed E-state index contributed by atoms with van der Waals surface area (Å²) in [6.45, 7) is 3.54. The summed E-state index contributed by atoms with van der Waals surface area (Å²) in [6, 6.07) is 7.69. The maximum Gasteiger partial charge on any atom is 0.178 e. The van der Waals surface area contributed by atoms with Crippen molar-refractivity contribution in [3.63, 3.8) is 0 Å². The quantitative estimate of drug-likeness (QED) is 0.908. The predicted molar refractivity (Wildman–Crippen MR) is 87.4 cm³/mol. The van der Waals surface area contributed by atoms with Gasteiger partial charge >= 0.3 is 0 Å². The minimum absolute atomic E-state index is 0.210. The Kier molecular flexibility index (Phi) is 5.65. The Labute approximate surface area is 128 Å². The lowest BCUT2D eigenvalue weighted by Gasteiger charge is -2.31. The number of sulfone groups is 1. The second kappa shape index (κ2) is 7.27. The molecule has 118 valence electrons. The Morgan fingerprint density at radius 2 is 1.90 bits per heavy atom. The number of nitrogens with zero attached hydrogens (tertiary/aromatic N) is 1. The molecule has 1 saturated heterocycles. The van der Waals surface area contributed by atoms with Crippen LogP contribution in [0.2, 0.25) is 0 Å². The lowest BCUT2D eigenvalue weighted by Crippen LogP contribution is -2.40.